The molecule has 0 radical (unpaired) electrons. The average Bonchev–Trinajstić information content (AvgIpc) is 3.05. The highest BCUT2D eigenvalue weighted by Gasteiger charge is 2.28. The summed E-state index contributed by atoms with van der Waals surface area (Å²) >= 11 is 0. The SMILES string of the molecule is Cc1cccc(C2CCCN2CC(=O)N(C)Cc2ccccc2C)c1. The van der Waals surface area contributed by atoms with Gasteiger partial charge in [0, 0.05) is 19.6 Å². The van der Waals surface area contributed by atoms with Crippen LogP contribution in [0.2, 0.25) is 0 Å². The van der Waals surface area contributed by atoms with Crippen LogP contribution in [0, 0.1) is 13.8 Å². The normalized spacial score (nSPS) is 17.6. The Kier molecular flexibility index (Phi) is 5.54. The van der Waals surface area contributed by atoms with Crippen LogP contribution in [0.4, 0.5) is 0 Å². The van der Waals surface area contributed by atoms with E-state index in [2.05, 4.69) is 55.1 Å². The molecule has 2 aromatic rings. The molecule has 1 unspecified atom stereocenters. The maximum Gasteiger partial charge on any atom is 0.236 e. The molecule has 1 amide bonds. The van der Waals surface area contributed by atoms with E-state index in [9.17, 15) is 4.79 Å². The molecule has 1 saturated heterocycles. The number of carbonyl (C=O) groups is 1. The average molecular weight is 336 g/mol. The number of hydrogen-bond donors (Lipinski definition) is 0. The first-order chi connectivity index (χ1) is 12.0. The van der Waals surface area contributed by atoms with Crippen LogP contribution in [0.25, 0.3) is 0 Å². The van der Waals surface area contributed by atoms with Gasteiger partial charge in [-0.2, -0.15) is 0 Å². The molecule has 1 atom stereocenters. The molecule has 1 heterocycles. The van der Waals surface area contributed by atoms with Gasteiger partial charge >= 0.3 is 0 Å². The fourth-order valence-electron chi connectivity index (χ4n) is 3.70. The van der Waals surface area contributed by atoms with Crippen molar-refractivity contribution in [2.45, 2.75) is 39.3 Å². The summed E-state index contributed by atoms with van der Waals surface area (Å²) < 4.78 is 0. The predicted octanol–water partition coefficient (Wildman–Crippen LogP) is 4.10. The van der Waals surface area contributed by atoms with Crippen LogP contribution in [-0.4, -0.2) is 35.8 Å². The molecule has 1 aliphatic rings. The molecule has 0 saturated carbocycles. The van der Waals surface area contributed by atoms with Gasteiger partial charge in [0.25, 0.3) is 0 Å². The molecule has 0 spiro atoms. The molecule has 132 valence electrons. The van der Waals surface area contributed by atoms with E-state index in [-0.39, 0.29) is 5.91 Å². The zero-order valence-electron chi connectivity index (χ0n) is 15.5. The van der Waals surface area contributed by atoms with Crippen molar-refractivity contribution >= 4 is 5.91 Å². The molecule has 3 nitrogen and oxygen atoms in total. The molecule has 1 fully saturated rings. The Hall–Kier alpha value is -2.13. The molecule has 3 rings (SSSR count). The Morgan fingerprint density at radius 1 is 1.16 bits per heavy atom. The van der Waals surface area contributed by atoms with E-state index in [4.69, 9.17) is 0 Å². The van der Waals surface area contributed by atoms with Crippen LogP contribution in [0.3, 0.4) is 0 Å². The summed E-state index contributed by atoms with van der Waals surface area (Å²) in [6.45, 7) is 6.41. The predicted molar refractivity (Wildman–Crippen MR) is 102 cm³/mol. The molecular formula is C22H28N2O. The number of carbonyl (C=O) groups excluding carboxylic acids is 1. The molecule has 1 aliphatic heterocycles. The Morgan fingerprint density at radius 3 is 2.72 bits per heavy atom. The molecule has 0 bridgehead atoms. The van der Waals surface area contributed by atoms with Gasteiger partial charge in [-0.3, -0.25) is 9.69 Å². The lowest BCUT2D eigenvalue weighted by atomic mass is 10.0. The van der Waals surface area contributed by atoms with E-state index in [1.165, 1.54) is 22.3 Å². The fraction of sp³-hybridized carbons (Fsp3) is 0.409. The van der Waals surface area contributed by atoms with Crippen LogP contribution in [0.5, 0.6) is 0 Å². The van der Waals surface area contributed by atoms with Crippen LogP contribution in [-0.2, 0) is 11.3 Å². The highest BCUT2D eigenvalue weighted by Crippen LogP contribution is 2.32. The minimum absolute atomic E-state index is 0.197. The molecule has 25 heavy (non-hydrogen) atoms. The fourth-order valence-corrected chi connectivity index (χ4v) is 3.70. The molecular weight excluding hydrogens is 308 g/mol. The van der Waals surface area contributed by atoms with Crippen molar-refractivity contribution in [3.63, 3.8) is 0 Å². The van der Waals surface area contributed by atoms with Gasteiger partial charge in [-0.1, -0.05) is 54.1 Å². The third kappa shape index (κ3) is 4.29. The molecule has 0 aliphatic carbocycles. The topological polar surface area (TPSA) is 23.6 Å². The summed E-state index contributed by atoms with van der Waals surface area (Å²) in [5.41, 5.74) is 5.08. The third-order valence-electron chi connectivity index (χ3n) is 5.22. The lowest BCUT2D eigenvalue weighted by molar-refractivity contribution is -0.131. The van der Waals surface area contributed by atoms with Crippen molar-refractivity contribution in [3.05, 3.63) is 70.8 Å². The van der Waals surface area contributed by atoms with Gasteiger partial charge in [0.1, 0.15) is 0 Å². The van der Waals surface area contributed by atoms with Crippen LogP contribution in [0.15, 0.2) is 48.5 Å². The summed E-state index contributed by atoms with van der Waals surface area (Å²) in [4.78, 5) is 16.9. The summed E-state index contributed by atoms with van der Waals surface area (Å²) in [5.74, 6) is 0.197. The maximum atomic E-state index is 12.7. The van der Waals surface area contributed by atoms with E-state index < -0.39 is 0 Å². The minimum Gasteiger partial charge on any atom is -0.340 e. The molecule has 0 aromatic heterocycles. The molecule has 2 aromatic carbocycles. The first kappa shape index (κ1) is 17.7. The molecule has 0 N–H and O–H groups in total. The Labute approximate surface area is 151 Å². The number of amides is 1. The monoisotopic (exact) mass is 336 g/mol. The number of likely N-dealkylation sites (tertiary alicyclic amines) is 1. The summed E-state index contributed by atoms with van der Waals surface area (Å²) in [6.07, 6.45) is 2.30. The number of aryl methyl sites for hydroxylation is 2. The van der Waals surface area contributed by atoms with E-state index in [1.807, 2.05) is 24.1 Å². The van der Waals surface area contributed by atoms with E-state index in [0.29, 0.717) is 19.1 Å². The van der Waals surface area contributed by atoms with E-state index in [0.717, 1.165) is 19.4 Å². The Balaban J connectivity index is 1.64. The van der Waals surface area contributed by atoms with Crippen LogP contribution >= 0.6 is 0 Å². The van der Waals surface area contributed by atoms with Gasteiger partial charge in [0.2, 0.25) is 5.91 Å². The lowest BCUT2D eigenvalue weighted by Crippen LogP contribution is -2.38. The first-order valence-electron chi connectivity index (χ1n) is 9.13. The van der Waals surface area contributed by atoms with Crippen molar-refractivity contribution in [1.29, 1.82) is 0 Å². The van der Waals surface area contributed by atoms with Gasteiger partial charge < -0.3 is 4.90 Å². The standard InChI is InChI=1S/C22H28N2O/c1-17-8-6-11-19(14-17)21-12-7-13-24(21)16-22(25)23(3)15-20-10-5-4-9-18(20)2/h4-6,8-11,14,21H,7,12-13,15-16H2,1-3H3. The number of hydrogen-bond acceptors (Lipinski definition) is 2. The second-order valence-electron chi connectivity index (χ2n) is 7.22. The number of benzene rings is 2. The third-order valence-corrected chi connectivity index (χ3v) is 5.22. The zero-order chi connectivity index (χ0) is 17.8. The van der Waals surface area contributed by atoms with E-state index in [1.54, 1.807) is 0 Å². The van der Waals surface area contributed by atoms with Crippen molar-refractivity contribution in [2.75, 3.05) is 20.1 Å². The van der Waals surface area contributed by atoms with Crippen molar-refractivity contribution < 1.29 is 4.79 Å². The minimum atomic E-state index is 0.197. The highest BCUT2D eigenvalue weighted by atomic mass is 16.2. The van der Waals surface area contributed by atoms with E-state index >= 15 is 0 Å². The number of nitrogens with zero attached hydrogens (tertiary/aromatic N) is 2. The number of likely N-dealkylation sites (N-methyl/N-ethyl adjacent to an activating group) is 1. The summed E-state index contributed by atoms with van der Waals surface area (Å²) in [6, 6.07) is 17.3. The Morgan fingerprint density at radius 2 is 1.96 bits per heavy atom. The second kappa shape index (κ2) is 7.83. The van der Waals surface area contributed by atoms with Gasteiger partial charge in [0.15, 0.2) is 0 Å². The van der Waals surface area contributed by atoms with Gasteiger partial charge in [0.05, 0.1) is 6.54 Å². The smallest absolute Gasteiger partial charge is 0.236 e. The largest absolute Gasteiger partial charge is 0.340 e. The van der Waals surface area contributed by atoms with Crippen LogP contribution < -0.4 is 0 Å². The van der Waals surface area contributed by atoms with Crippen molar-refractivity contribution in [3.8, 4) is 0 Å². The maximum absolute atomic E-state index is 12.7. The summed E-state index contributed by atoms with van der Waals surface area (Å²) in [7, 11) is 1.91. The lowest BCUT2D eigenvalue weighted by Gasteiger charge is -2.27. The van der Waals surface area contributed by atoms with Crippen molar-refractivity contribution in [2.24, 2.45) is 0 Å². The quantitative estimate of drug-likeness (QED) is 0.821. The number of rotatable bonds is 5. The van der Waals surface area contributed by atoms with Gasteiger partial charge in [-0.25, -0.2) is 0 Å². The zero-order valence-corrected chi connectivity index (χ0v) is 15.5. The summed E-state index contributed by atoms with van der Waals surface area (Å²) in [5, 5.41) is 0. The second-order valence-corrected chi connectivity index (χ2v) is 7.22. The highest BCUT2D eigenvalue weighted by molar-refractivity contribution is 5.78. The van der Waals surface area contributed by atoms with Crippen molar-refractivity contribution in [1.82, 2.24) is 9.80 Å². The Bertz CT molecular complexity index is 740. The first-order valence-corrected chi connectivity index (χ1v) is 9.13. The van der Waals surface area contributed by atoms with Crippen LogP contribution in [0.1, 0.15) is 41.1 Å². The van der Waals surface area contributed by atoms with Gasteiger partial charge in [-0.15, -0.1) is 0 Å². The van der Waals surface area contributed by atoms with Gasteiger partial charge in [-0.05, 0) is 49.9 Å². The molecule has 3 heteroatoms.